The minimum absolute atomic E-state index is 0.250. The standard InChI is InChI=1S/C11H11BrF2N2O3/c1-6(5-12)15(2)11(17)7-3-8(13)9(14)4-10(7)16(18)19/h3-4,6H,5H2,1-2H3. The van der Waals surface area contributed by atoms with Gasteiger partial charge in [-0.05, 0) is 13.0 Å². The predicted octanol–water partition coefficient (Wildman–Crippen LogP) is 2.73. The van der Waals surface area contributed by atoms with Crippen molar-refractivity contribution in [3.05, 3.63) is 39.4 Å². The van der Waals surface area contributed by atoms with Crippen molar-refractivity contribution in [3.8, 4) is 0 Å². The van der Waals surface area contributed by atoms with Gasteiger partial charge >= 0.3 is 0 Å². The summed E-state index contributed by atoms with van der Waals surface area (Å²) < 4.78 is 26.1. The van der Waals surface area contributed by atoms with Crippen LogP contribution in [0, 0.1) is 21.7 Å². The Kier molecular flexibility index (Phi) is 4.93. The van der Waals surface area contributed by atoms with Gasteiger partial charge < -0.3 is 4.90 Å². The van der Waals surface area contributed by atoms with Crippen molar-refractivity contribution < 1.29 is 18.5 Å². The highest BCUT2D eigenvalue weighted by molar-refractivity contribution is 9.09. The minimum Gasteiger partial charge on any atom is -0.338 e. The summed E-state index contributed by atoms with van der Waals surface area (Å²) in [6.07, 6.45) is 0. The lowest BCUT2D eigenvalue weighted by Gasteiger charge is -2.23. The van der Waals surface area contributed by atoms with Crippen LogP contribution in [0.15, 0.2) is 12.1 Å². The Morgan fingerprint density at radius 1 is 1.47 bits per heavy atom. The summed E-state index contributed by atoms with van der Waals surface area (Å²) in [5.74, 6) is -3.40. The second-order valence-electron chi connectivity index (χ2n) is 3.96. The molecule has 1 amide bonds. The molecule has 0 heterocycles. The number of hydrogen-bond acceptors (Lipinski definition) is 3. The predicted molar refractivity (Wildman–Crippen MR) is 68.4 cm³/mol. The van der Waals surface area contributed by atoms with Crippen molar-refractivity contribution in [1.29, 1.82) is 0 Å². The number of benzene rings is 1. The molecule has 19 heavy (non-hydrogen) atoms. The first kappa shape index (κ1) is 15.5. The molecule has 0 spiro atoms. The summed E-state index contributed by atoms with van der Waals surface area (Å²) in [4.78, 5) is 23.1. The molecule has 8 heteroatoms. The van der Waals surface area contributed by atoms with Crippen LogP contribution in [0.25, 0.3) is 0 Å². The van der Waals surface area contributed by atoms with Gasteiger partial charge in [0.2, 0.25) is 0 Å². The van der Waals surface area contributed by atoms with Gasteiger partial charge in [-0.15, -0.1) is 0 Å². The molecule has 1 aromatic carbocycles. The number of nitrogens with zero attached hydrogens (tertiary/aromatic N) is 2. The molecule has 0 saturated heterocycles. The van der Waals surface area contributed by atoms with E-state index in [4.69, 9.17) is 0 Å². The van der Waals surface area contributed by atoms with E-state index in [1.54, 1.807) is 6.92 Å². The maximum atomic E-state index is 13.2. The van der Waals surface area contributed by atoms with Crippen LogP contribution < -0.4 is 0 Å². The molecule has 1 unspecified atom stereocenters. The molecular weight excluding hydrogens is 326 g/mol. The summed E-state index contributed by atoms with van der Waals surface area (Å²) in [6, 6.07) is 0.711. The SMILES string of the molecule is CC(CBr)N(C)C(=O)c1cc(F)c(F)cc1[N+](=O)[O-]. The molecule has 104 valence electrons. The van der Waals surface area contributed by atoms with Crippen LogP contribution in [0.2, 0.25) is 0 Å². The summed E-state index contributed by atoms with van der Waals surface area (Å²) in [7, 11) is 1.43. The second kappa shape index (κ2) is 6.05. The largest absolute Gasteiger partial charge is 0.338 e. The Labute approximate surface area is 116 Å². The van der Waals surface area contributed by atoms with Gasteiger partial charge in [0.1, 0.15) is 5.56 Å². The number of rotatable bonds is 4. The van der Waals surface area contributed by atoms with Crippen LogP contribution in [0.5, 0.6) is 0 Å². The molecular formula is C11H11BrF2N2O3. The Bertz CT molecular complexity index is 525. The van der Waals surface area contributed by atoms with Gasteiger partial charge in [-0.3, -0.25) is 14.9 Å². The van der Waals surface area contributed by atoms with Gasteiger partial charge in [-0.1, -0.05) is 15.9 Å². The third-order valence-corrected chi connectivity index (χ3v) is 3.61. The zero-order chi connectivity index (χ0) is 14.7. The Balaban J connectivity index is 3.29. The van der Waals surface area contributed by atoms with Crippen molar-refractivity contribution in [3.63, 3.8) is 0 Å². The molecule has 0 radical (unpaired) electrons. The van der Waals surface area contributed by atoms with Crippen LogP contribution >= 0.6 is 15.9 Å². The summed E-state index contributed by atoms with van der Waals surface area (Å²) in [6.45, 7) is 1.71. The fourth-order valence-corrected chi connectivity index (χ4v) is 1.79. The first-order valence-corrected chi connectivity index (χ1v) is 6.38. The molecule has 0 aliphatic heterocycles. The average molecular weight is 337 g/mol. The van der Waals surface area contributed by atoms with Gasteiger partial charge in [0.15, 0.2) is 11.6 Å². The van der Waals surface area contributed by atoms with E-state index >= 15 is 0 Å². The van der Waals surface area contributed by atoms with E-state index in [2.05, 4.69) is 15.9 Å². The van der Waals surface area contributed by atoms with Gasteiger partial charge in [0, 0.05) is 18.4 Å². The number of nitro groups is 1. The van der Waals surface area contributed by atoms with Crippen molar-refractivity contribution in [2.75, 3.05) is 12.4 Å². The Morgan fingerprint density at radius 3 is 2.47 bits per heavy atom. The number of alkyl halides is 1. The lowest BCUT2D eigenvalue weighted by atomic mass is 10.1. The fraction of sp³-hybridized carbons (Fsp3) is 0.364. The molecule has 0 bridgehead atoms. The van der Waals surface area contributed by atoms with Crippen LogP contribution in [0.1, 0.15) is 17.3 Å². The summed E-state index contributed by atoms with van der Waals surface area (Å²) in [5, 5.41) is 11.2. The number of hydrogen-bond donors (Lipinski definition) is 0. The molecule has 1 atom stereocenters. The van der Waals surface area contributed by atoms with E-state index in [9.17, 15) is 23.7 Å². The normalized spacial score (nSPS) is 12.1. The van der Waals surface area contributed by atoms with Crippen molar-refractivity contribution in [2.45, 2.75) is 13.0 Å². The molecule has 0 aliphatic rings. The maximum Gasteiger partial charge on any atom is 0.285 e. The molecule has 5 nitrogen and oxygen atoms in total. The maximum absolute atomic E-state index is 13.2. The fourth-order valence-electron chi connectivity index (χ4n) is 1.35. The van der Waals surface area contributed by atoms with Crippen LogP contribution in [0.4, 0.5) is 14.5 Å². The topological polar surface area (TPSA) is 63.5 Å². The van der Waals surface area contributed by atoms with Gasteiger partial charge in [0.05, 0.1) is 11.0 Å². The number of carbonyl (C=O) groups is 1. The van der Waals surface area contributed by atoms with Crippen molar-refractivity contribution >= 4 is 27.5 Å². The van der Waals surface area contributed by atoms with Crippen LogP contribution in [0.3, 0.4) is 0 Å². The number of amides is 1. The highest BCUT2D eigenvalue weighted by atomic mass is 79.9. The van der Waals surface area contributed by atoms with E-state index in [0.717, 1.165) is 0 Å². The highest BCUT2D eigenvalue weighted by Gasteiger charge is 2.27. The van der Waals surface area contributed by atoms with Crippen LogP contribution in [-0.4, -0.2) is 34.2 Å². The van der Waals surface area contributed by atoms with Crippen molar-refractivity contribution in [1.82, 2.24) is 4.90 Å². The zero-order valence-electron chi connectivity index (χ0n) is 10.2. The van der Waals surface area contributed by atoms with E-state index in [-0.39, 0.29) is 6.04 Å². The first-order chi connectivity index (χ1) is 8.79. The molecule has 0 N–H and O–H groups in total. The number of halogens is 3. The molecule has 1 rings (SSSR count). The monoisotopic (exact) mass is 336 g/mol. The minimum atomic E-state index is -1.36. The van der Waals surface area contributed by atoms with Crippen molar-refractivity contribution in [2.24, 2.45) is 0 Å². The average Bonchev–Trinajstić information content (AvgIpc) is 2.38. The van der Waals surface area contributed by atoms with Gasteiger partial charge in [-0.25, -0.2) is 8.78 Å². The molecule has 0 saturated carbocycles. The molecule has 0 aromatic heterocycles. The number of carbonyl (C=O) groups excluding carboxylic acids is 1. The van der Waals surface area contributed by atoms with E-state index < -0.39 is 33.7 Å². The lowest BCUT2D eigenvalue weighted by Crippen LogP contribution is -2.36. The Morgan fingerprint density at radius 2 is 2.00 bits per heavy atom. The van der Waals surface area contributed by atoms with E-state index in [0.29, 0.717) is 17.5 Å². The third kappa shape index (κ3) is 3.25. The quantitative estimate of drug-likeness (QED) is 0.482. The Hall–Kier alpha value is -1.57. The van der Waals surface area contributed by atoms with Gasteiger partial charge in [0.25, 0.3) is 11.6 Å². The molecule has 0 fully saturated rings. The second-order valence-corrected chi connectivity index (χ2v) is 4.61. The van der Waals surface area contributed by atoms with E-state index in [1.807, 2.05) is 0 Å². The van der Waals surface area contributed by atoms with E-state index in [1.165, 1.54) is 11.9 Å². The summed E-state index contributed by atoms with van der Waals surface area (Å²) >= 11 is 3.17. The first-order valence-electron chi connectivity index (χ1n) is 5.26. The van der Waals surface area contributed by atoms with Crippen LogP contribution in [-0.2, 0) is 0 Å². The number of nitro benzene ring substituents is 1. The van der Waals surface area contributed by atoms with Gasteiger partial charge in [-0.2, -0.15) is 0 Å². The lowest BCUT2D eigenvalue weighted by molar-refractivity contribution is -0.385. The third-order valence-electron chi connectivity index (χ3n) is 2.67. The molecule has 0 aliphatic carbocycles. The highest BCUT2D eigenvalue weighted by Crippen LogP contribution is 2.24. The zero-order valence-corrected chi connectivity index (χ0v) is 11.8. The summed E-state index contributed by atoms with van der Waals surface area (Å²) in [5.41, 5.74) is -1.23. The molecule has 1 aromatic rings. The smallest absolute Gasteiger partial charge is 0.285 e.